The first-order valence-corrected chi connectivity index (χ1v) is 9.13. The second-order valence-corrected chi connectivity index (χ2v) is 7.46. The van der Waals surface area contributed by atoms with Gasteiger partial charge in [0, 0.05) is 29.6 Å². The van der Waals surface area contributed by atoms with Crippen molar-refractivity contribution >= 4 is 5.69 Å². The molecule has 0 aromatic heterocycles. The molecule has 4 atom stereocenters. The second-order valence-electron chi connectivity index (χ2n) is 7.46. The summed E-state index contributed by atoms with van der Waals surface area (Å²) in [5, 5.41) is 33.6. The number of likely N-dealkylation sites (tertiary alicyclic amines) is 1. The van der Waals surface area contributed by atoms with Crippen molar-refractivity contribution in [1.82, 2.24) is 4.90 Å². The summed E-state index contributed by atoms with van der Waals surface area (Å²) in [6.45, 7) is 3.91. The summed E-state index contributed by atoms with van der Waals surface area (Å²) in [6, 6.07) is 13.4. The molecule has 1 N–H and O–H groups in total. The van der Waals surface area contributed by atoms with Crippen molar-refractivity contribution in [3.63, 3.8) is 0 Å². The third-order valence-electron chi connectivity index (χ3n) is 5.62. The van der Waals surface area contributed by atoms with Crippen LogP contribution in [0.3, 0.4) is 0 Å². The Morgan fingerprint density at radius 2 is 1.71 bits per heavy atom. The van der Waals surface area contributed by atoms with Crippen LogP contribution in [-0.2, 0) is 0 Å². The first kappa shape index (κ1) is 19.9. The highest BCUT2D eigenvalue weighted by molar-refractivity contribution is 5.34. The van der Waals surface area contributed by atoms with Gasteiger partial charge in [-0.1, -0.05) is 42.5 Å². The van der Waals surface area contributed by atoms with Gasteiger partial charge in [0.2, 0.25) is 0 Å². The molecule has 2 aromatic carbocycles. The summed E-state index contributed by atoms with van der Waals surface area (Å²) in [4.78, 5) is 24.0. The normalized spacial score (nSPS) is 26.5. The smallest absolute Gasteiger partial charge is 0.269 e. The van der Waals surface area contributed by atoms with Crippen LogP contribution >= 0.6 is 0 Å². The van der Waals surface area contributed by atoms with Crippen molar-refractivity contribution in [1.29, 1.82) is 0 Å². The van der Waals surface area contributed by atoms with E-state index in [1.807, 2.05) is 42.2 Å². The van der Waals surface area contributed by atoms with Crippen LogP contribution in [0.5, 0.6) is 0 Å². The standard InChI is InChI=1S/C20H23N3O5/c1-14(15-8-10-17(11-9-15)22(25)26)21-13-12-20(2,24)19(23(27)28)18(21)16-6-4-3-5-7-16/h3-11,14,18-19,24H,12-13H2,1-2H3/t14-,18-,19-,20+/m0/s1. The fourth-order valence-electron chi connectivity index (χ4n) is 4.03. The van der Waals surface area contributed by atoms with Crippen molar-refractivity contribution < 1.29 is 15.0 Å². The van der Waals surface area contributed by atoms with Crippen LogP contribution in [-0.4, -0.2) is 38.0 Å². The predicted octanol–water partition coefficient (Wildman–Crippen LogP) is 3.50. The summed E-state index contributed by atoms with van der Waals surface area (Å²) in [5.74, 6) is 0. The first-order valence-electron chi connectivity index (χ1n) is 9.13. The van der Waals surface area contributed by atoms with Crippen molar-refractivity contribution in [2.45, 2.75) is 44.0 Å². The Morgan fingerprint density at radius 3 is 2.25 bits per heavy atom. The summed E-state index contributed by atoms with van der Waals surface area (Å²) >= 11 is 0. The van der Waals surface area contributed by atoms with Crippen LogP contribution in [0.2, 0.25) is 0 Å². The molecule has 1 fully saturated rings. The number of benzene rings is 2. The van der Waals surface area contributed by atoms with E-state index < -0.39 is 27.5 Å². The van der Waals surface area contributed by atoms with Crippen LogP contribution in [0, 0.1) is 20.2 Å². The monoisotopic (exact) mass is 385 g/mol. The molecule has 0 amide bonds. The zero-order chi connectivity index (χ0) is 20.5. The van der Waals surface area contributed by atoms with E-state index in [0.29, 0.717) is 6.54 Å². The number of aliphatic hydroxyl groups is 1. The molecule has 8 heteroatoms. The van der Waals surface area contributed by atoms with E-state index >= 15 is 0 Å². The minimum Gasteiger partial charge on any atom is -0.383 e. The Bertz CT molecular complexity index is 854. The van der Waals surface area contributed by atoms with E-state index in [4.69, 9.17) is 0 Å². The molecule has 0 bridgehead atoms. The highest BCUT2D eigenvalue weighted by Gasteiger charge is 2.54. The molecule has 0 spiro atoms. The number of rotatable bonds is 5. The van der Waals surface area contributed by atoms with Crippen LogP contribution in [0.15, 0.2) is 54.6 Å². The van der Waals surface area contributed by atoms with Crippen molar-refractivity contribution in [3.8, 4) is 0 Å². The summed E-state index contributed by atoms with van der Waals surface area (Å²) in [5.41, 5.74) is 0.156. The molecule has 8 nitrogen and oxygen atoms in total. The zero-order valence-corrected chi connectivity index (χ0v) is 15.8. The number of hydrogen-bond donors (Lipinski definition) is 1. The minimum atomic E-state index is -1.43. The third-order valence-corrected chi connectivity index (χ3v) is 5.62. The van der Waals surface area contributed by atoms with Gasteiger partial charge in [-0.3, -0.25) is 25.1 Å². The average Bonchev–Trinajstić information content (AvgIpc) is 2.67. The van der Waals surface area contributed by atoms with Crippen LogP contribution in [0.1, 0.15) is 43.5 Å². The van der Waals surface area contributed by atoms with Gasteiger partial charge in [-0.2, -0.15) is 0 Å². The van der Waals surface area contributed by atoms with E-state index in [2.05, 4.69) is 0 Å². The van der Waals surface area contributed by atoms with E-state index in [0.717, 1.165) is 11.1 Å². The van der Waals surface area contributed by atoms with Gasteiger partial charge in [-0.25, -0.2) is 0 Å². The highest BCUT2D eigenvalue weighted by atomic mass is 16.6. The molecule has 0 radical (unpaired) electrons. The van der Waals surface area contributed by atoms with E-state index in [-0.39, 0.29) is 18.2 Å². The van der Waals surface area contributed by atoms with E-state index in [1.165, 1.54) is 19.1 Å². The van der Waals surface area contributed by atoms with Crippen molar-refractivity contribution in [2.24, 2.45) is 0 Å². The fourth-order valence-corrected chi connectivity index (χ4v) is 4.03. The Balaban J connectivity index is 2.02. The number of hydrogen-bond acceptors (Lipinski definition) is 6. The Labute approximate surface area is 162 Å². The number of non-ortho nitro benzene ring substituents is 1. The van der Waals surface area contributed by atoms with Gasteiger partial charge in [-0.15, -0.1) is 0 Å². The minimum absolute atomic E-state index is 0.000282. The lowest BCUT2D eigenvalue weighted by molar-refractivity contribution is -0.559. The lowest BCUT2D eigenvalue weighted by Crippen LogP contribution is -2.59. The molecular formula is C20H23N3O5. The van der Waals surface area contributed by atoms with Gasteiger partial charge in [-0.05, 0) is 31.4 Å². The molecule has 1 aliphatic rings. The van der Waals surface area contributed by atoms with Crippen LogP contribution in [0.25, 0.3) is 0 Å². The maximum atomic E-state index is 11.9. The second kappa shape index (κ2) is 7.65. The lowest BCUT2D eigenvalue weighted by Gasteiger charge is -2.46. The molecule has 1 aliphatic heterocycles. The number of nitro benzene ring substituents is 1. The maximum Gasteiger partial charge on any atom is 0.269 e. The molecule has 0 saturated carbocycles. The number of nitro groups is 2. The number of nitrogens with zero attached hydrogens (tertiary/aromatic N) is 3. The molecule has 148 valence electrons. The van der Waals surface area contributed by atoms with Crippen molar-refractivity contribution in [3.05, 3.63) is 86.0 Å². The summed E-state index contributed by atoms with van der Waals surface area (Å²) in [7, 11) is 0. The molecular weight excluding hydrogens is 362 g/mol. The molecule has 3 rings (SSSR count). The van der Waals surface area contributed by atoms with E-state index in [1.54, 1.807) is 12.1 Å². The van der Waals surface area contributed by atoms with E-state index in [9.17, 15) is 25.3 Å². The first-order chi connectivity index (χ1) is 13.2. The Morgan fingerprint density at radius 1 is 1.11 bits per heavy atom. The topological polar surface area (TPSA) is 110 Å². The van der Waals surface area contributed by atoms with Gasteiger partial charge in [0.05, 0.1) is 4.92 Å². The molecule has 1 heterocycles. The molecule has 1 saturated heterocycles. The Kier molecular flexibility index (Phi) is 5.44. The third kappa shape index (κ3) is 3.74. The van der Waals surface area contributed by atoms with Crippen molar-refractivity contribution in [2.75, 3.05) is 6.54 Å². The van der Waals surface area contributed by atoms with Gasteiger partial charge < -0.3 is 5.11 Å². The molecule has 2 aromatic rings. The molecule has 0 unspecified atom stereocenters. The number of piperidine rings is 1. The lowest BCUT2D eigenvalue weighted by atomic mass is 9.79. The van der Waals surface area contributed by atoms with Gasteiger partial charge in [0.25, 0.3) is 11.7 Å². The quantitative estimate of drug-likeness (QED) is 0.623. The molecule has 0 aliphatic carbocycles. The van der Waals surface area contributed by atoms with Gasteiger partial charge in [0.15, 0.2) is 0 Å². The Hall–Kier alpha value is -2.84. The largest absolute Gasteiger partial charge is 0.383 e. The zero-order valence-electron chi connectivity index (χ0n) is 15.8. The van der Waals surface area contributed by atoms with Crippen LogP contribution < -0.4 is 0 Å². The van der Waals surface area contributed by atoms with Gasteiger partial charge in [0.1, 0.15) is 11.6 Å². The van der Waals surface area contributed by atoms with Gasteiger partial charge >= 0.3 is 0 Å². The predicted molar refractivity (Wildman–Crippen MR) is 103 cm³/mol. The fraction of sp³-hybridized carbons (Fsp3) is 0.400. The summed E-state index contributed by atoms with van der Waals surface area (Å²) < 4.78 is 0. The SMILES string of the molecule is C[C@@H](c1ccc([N+](=O)[O-])cc1)N1CC[C@@](C)(O)[C@@H]([N+](=O)[O-])[C@@H]1c1ccccc1. The highest BCUT2D eigenvalue weighted by Crippen LogP contribution is 2.42. The van der Waals surface area contributed by atoms with Crippen LogP contribution in [0.4, 0.5) is 5.69 Å². The summed E-state index contributed by atoms with van der Waals surface area (Å²) in [6.07, 6.45) is 0.263. The maximum absolute atomic E-state index is 11.9. The average molecular weight is 385 g/mol. The molecule has 28 heavy (non-hydrogen) atoms.